The molecular weight excluding hydrogens is 354 g/mol. The van der Waals surface area contributed by atoms with Crippen LogP contribution >= 0.6 is 0 Å². The molecule has 0 fully saturated rings. The van der Waals surface area contributed by atoms with Crippen molar-refractivity contribution in [2.45, 2.75) is 52.1 Å². The van der Waals surface area contributed by atoms with Gasteiger partial charge in [0.15, 0.2) is 5.96 Å². The molecule has 0 rings (SSSR count). The van der Waals surface area contributed by atoms with E-state index >= 15 is 0 Å². The summed E-state index contributed by atoms with van der Waals surface area (Å²) in [5.41, 5.74) is 15.7. The zero-order chi connectivity index (χ0) is 21.0. The Labute approximate surface area is 158 Å². The Bertz CT molecular complexity index is 559. The van der Waals surface area contributed by atoms with Crippen LogP contribution in [0, 0.1) is 5.92 Å². The van der Waals surface area contributed by atoms with Gasteiger partial charge in [-0.3, -0.25) is 24.2 Å². The Morgan fingerprint density at radius 3 is 2.11 bits per heavy atom. The van der Waals surface area contributed by atoms with Gasteiger partial charge in [-0.05, 0) is 25.2 Å². The van der Waals surface area contributed by atoms with Crippen LogP contribution in [0.15, 0.2) is 4.99 Å². The maximum Gasteiger partial charge on any atom is 0.243 e. The van der Waals surface area contributed by atoms with E-state index in [1.165, 1.54) is 6.92 Å². The third-order valence-electron chi connectivity index (χ3n) is 3.45. The Kier molecular flexibility index (Phi) is 11.2. The number of amides is 4. The molecule has 0 spiro atoms. The third kappa shape index (κ3) is 12.2. The van der Waals surface area contributed by atoms with Gasteiger partial charge in [0.05, 0.1) is 6.54 Å². The summed E-state index contributed by atoms with van der Waals surface area (Å²) in [4.78, 5) is 50.6. The standard InChI is InChI=1S/C16H31N7O4/c1-9(2)7-12(22-10(3)24)15(27)21-8-13(25)23-11(14(17)26)5-4-6-20-16(18)19/h9,11-12H,4-8H2,1-3H3,(H2,17,26)(H,21,27)(H,22,24)(H,23,25)(H4,18,19,20). The molecule has 2 atom stereocenters. The van der Waals surface area contributed by atoms with Gasteiger partial charge in [0.25, 0.3) is 0 Å². The summed E-state index contributed by atoms with van der Waals surface area (Å²) in [6, 6.07) is -1.63. The van der Waals surface area contributed by atoms with Crippen LogP contribution in [0.3, 0.4) is 0 Å². The Morgan fingerprint density at radius 1 is 1.00 bits per heavy atom. The number of primary amides is 1. The second-order valence-electron chi connectivity index (χ2n) is 6.57. The van der Waals surface area contributed by atoms with E-state index < -0.39 is 29.8 Å². The first kappa shape index (κ1) is 24.1. The first-order chi connectivity index (χ1) is 12.5. The first-order valence-electron chi connectivity index (χ1n) is 8.71. The first-order valence-corrected chi connectivity index (χ1v) is 8.71. The molecule has 154 valence electrons. The van der Waals surface area contributed by atoms with Gasteiger partial charge in [0.2, 0.25) is 23.6 Å². The number of nitrogens with two attached hydrogens (primary N) is 3. The number of nitrogens with zero attached hydrogens (tertiary/aromatic N) is 1. The fraction of sp³-hybridized carbons (Fsp3) is 0.688. The molecule has 0 heterocycles. The molecule has 0 aromatic heterocycles. The minimum atomic E-state index is -0.898. The molecule has 0 aliphatic carbocycles. The maximum atomic E-state index is 12.2. The predicted molar refractivity (Wildman–Crippen MR) is 101 cm³/mol. The van der Waals surface area contributed by atoms with Crippen LogP contribution in [-0.2, 0) is 19.2 Å². The SMILES string of the molecule is CC(=O)NC(CC(C)C)C(=O)NCC(=O)NC(CCCN=C(N)N)C(N)=O. The topological polar surface area (TPSA) is 195 Å². The molecule has 11 heteroatoms. The van der Waals surface area contributed by atoms with Crippen LogP contribution in [0.4, 0.5) is 0 Å². The van der Waals surface area contributed by atoms with E-state index in [1.54, 1.807) is 0 Å². The second kappa shape index (κ2) is 12.5. The summed E-state index contributed by atoms with van der Waals surface area (Å²) >= 11 is 0. The highest BCUT2D eigenvalue weighted by atomic mass is 16.2. The van der Waals surface area contributed by atoms with Crippen LogP contribution in [0.25, 0.3) is 0 Å². The molecule has 27 heavy (non-hydrogen) atoms. The quantitative estimate of drug-likeness (QED) is 0.124. The molecule has 0 saturated carbocycles. The van der Waals surface area contributed by atoms with E-state index in [4.69, 9.17) is 17.2 Å². The van der Waals surface area contributed by atoms with E-state index in [2.05, 4.69) is 20.9 Å². The minimum Gasteiger partial charge on any atom is -0.370 e. The summed E-state index contributed by atoms with van der Waals surface area (Å²) in [5, 5.41) is 7.45. The van der Waals surface area contributed by atoms with Gasteiger partial charge in [-0.2, -0.15) is 0 Å². The van der Waals surface area contributed by atoms with Crippen LogP contribution in [0.1, 0.15) is 40.0 Å². The summed E-state index contributed by atoms with van der Waals surface area (Å²) in [7, 11) is 0. The van der Waals surface area contributed by atoms with E-state index in [-0.39, 0.29) is 30.8 Å². The number of rotatable bonds is 12. The van der Waals surface area contributed by atoms with E-state index in [9.17, 15) is 19.2 Å². The van der Waals surface area contributed by atoms with Crippen molar-refractivity contribution in [3.63, 3.8) is 0 Å². The van der Waals surface area contributed by atoms with Crippen molar-refractivity contribution in [1.82, 2.24) is 16.0 Å². The van der Waals surface area contributed by atoms with Gasteiger partial charge in [-0.15, -0.1) is 0 Å². The highest BCUT2D eigenvalue weighted by Gasteiger charge is 2.22. The molecule has 0 radical (unpaired) electrons. The van der Waals surface area contributed by atoms with Crippen molar-refractivity contribution in [2.75, 3.05) is 13.1 Å². The minimum absolute atomic E-state index is 0.0625. The number of guanidine groups is 1. The average Bonchev–Trinajstić information content (AvgIpc) is 2.53. The van der Waals surface area contributed by atoms with Crippen LogP contribution in [0.5, 0.6) is 0 Å². The normalized spacial score (nSPS) is 12.6. The van der Waals surface area contributed by atoms with Gasteiger partial charge in [-0.1, -0.05) is 13.8 Å². The maximum absolute atomic E-state index is 12.2. The molecule has 9 N–H and O–H groups in total. The molecule has 0 aliphatic rings. The lowest BCUT2D eigenvalue weighted by Crippen LogP contribution is -2.51. The molecule has 4 amide bonds. The van der Waals surface area contributed by atoms with Crippen LogP contribution in [-0.4, -0.2) is 54.8 Å². The van der Waals surface area contributed by atoms with Gasteiger partial charge in [-0.25, -0.2) is 0 Å². The highest BCUT2D eigenvalue weighted by Crippen LogP contribution is 2.05. The fourth-order valence-corrected chi connectivity index (χ4v) is 2.27. The zero-order valence-corrected chi connectivity index (χ0v) is 16.1. The number of carbonyl (C=O) groups is 4. The summed E-state index contributed by atoms with van der Waals surface area (Å²) in [6.45, 7) is 5.09. The largest absolute Gasteiger partial charge is 0.370 e. The lowest BCUT2D eigenvalue weighted by Gasteiger charge is -2.20. The second-order valence-corrected chi connectivity index (χ2v) is 6.57. The predicted octanol–water partition coefficient (Wildman–Crippen LogP) is -2.32. The highest BCUT2D eigenvalue weighted by molar-refractivity contribution is 5.91. The van der Waals surface area contributed by atoms with Gasteiger partial charge in [0.1, 0.15) is 12.1 Å². The van der Waals surface area contributed by atoms with E-state index in [0.29, 0.717) is 19.4 Å². The van der Waals surface area contributed by atoms with E-state index in [0.717, 1.165) is 0 Å². The van der Waals surface area contributed by atoms with Crippen molar-refractivity contribution in [3.8, 4) is 0 Å². The van der Waals surface area contributed by atoms with Crippen molar-refractivity contribution < 1.29 is 19.2 Å². The van der Waals surface area contributed by atoms with E-state index in [1.807, 2.05) is 13.8 Å². The van der Waals surface area contributed by atoms with Crippen molar-refractivity contribution >= 4 is 29.6 Å². The average molecular weight is 385 g/mol. The molecule has 0 saturated heterocycles. The van der Waals surface area contributed by atoms with Crippen LogP contribution < -0.4 is 33.2 Å². The zero-order valence-electron chi connectivity index (χ0n) is 16.1. The number of hydrogen-bond donors (Lipinski definition) is 6. The Morgan fingerprint density at radius 2 is 1.63 bits per heavy atom. The fourth-order valence-electron chi connectivity index (χ4n) is 2.27. The van der Waals surface area contributed by atoms with Crippen molar-refractivity contribution in [2.24, 2.45) is 28.1 Å². The van der Waals surface area contributed by atoms with Crippen molar-refractivity contribution in [1.29, 1.82) is 0 Å². The van der Waals surface area contributed by atoms with Gasteiger partial charge >= 0.3 is 0 Å². The van der Waals surface area contributed by atoms with Gasteiger partial charge in [0, 0.05) is 13.5 Å². The summed E-state index contributed by atoms with van der Waals surface area (Å²) in [5.74, 6) is -1.97. The lowest BCUT2D eigenvalue weighted by atomic mass is 10.0. The molecule has 0 aliphatic heterocycles. The summed E-state index contributed by atoms with van der Waals surface area (Å²) in [6.07, 6.45) is 1.13. The molecule has 2 unspecified atom stereocenters. The van der Waals surface area contributed by atoms with Gasteiger partial charge < -0.3 is 33.2 Å². The number of aliphatic imine (C=N–C) groups is 1. The number of carbonyl (C=O) groups excluding carboxylic acids is 4. The third-order valence-corrected chi connectivity index (χ3v) is 3.45. The monoisotopic (exact) mass is 385 g/mol. The molecular formula is C16H31N7O4. The number of nitrogens with one attached hydrogen (secondary N) is 3. The molecule has 11 nitrogen and oxygen atoms in total. The van der Waals surface area contributed by atoms with Crippen molar-refractivity contribution in [3.05, 3.63) is 0 Å². The van der Waals surface area contributed by atoms with Crippen LogP contribution in [0.2, 0.25) is 0 Å². The smallest absolute Gasteiger partial charge is 0.243 e. The number of hydrogen-bond acceptors (Lipinski definition) is 5. The molecule has 0 bridgehead atoms. The Balaban J connectivity index is 4.53. The summed E-state index contributed by atoms with van der Waals surface area (Å²) < 4.78 is 0. The molecule has 0 aromatic carbocycles. The Hall–Kier alpha value is -2.85. The molecule has 0 aromatic rings. The lowest BCUT2D eigenvalue weighted by molar-refractivity contribution is -0.131.